The lowest BCUT2D eigenvalue weighted by Gasteiger charge is -2.22. The van der Waals surface area contributed by atoms with Gasteiger partial charge in [-0.05, 0) is 27.2 Å². The highest BCUT2D eigenvalue weighted by molar-refractivity contribution is 7.86. The summed E-state index contributed by atoms with van der Waals surface area (Å²) in [7, 11) is -4.60. The summed E-state index contributed by atoms with van der Waals surface area (Å²) in [5, 5.41) is 2.30. The maximum Gasteiger partial charge on any atom is 0.407 e. The Balaban J connectivity index is 4.29. The third kappa shape index (κ3) is 8.46. The number of rotatable bonds is 4. The van der Waals surface area contributed by atoms with Crippen molar-refractivity contribution in [1.29, 1.82) is 0 Å². The number of alkyl carbamates (subject to hydrolysis) is 1. The van der Waals surface area contributed by atoms with Gasteiger partial charge in [-0.15, -0.1) is 3.89 Å². The van der Waals surface area contributed by atoms with Gasteiger partial charge < -0.3 is 10.1 Å². The van der Waals surface area contributed by atoms with E-state index < -0.39 is 33.7 Å². The molecule has 7 heteroatoms. The quantitative estimate of drug-likeness (QED) is 0.774. The van der Waals surface area contributed by atoms with E-state index in [1.807, 2.05) is 0 Å². The molecule has 1 unspecified atom stereocenters. The lowest BCUT2D eigenvalue weighted by atomic mass is 10.2. The lowest BCUT2D eigenvalue weighted by molar-refractivity contribution is 0.0508. The zero-order valence-electron chi connectivity index (χ0n) is 9.91. The third-order valence-electron chi connectivity index (χ3n) is 1.61. The number of hydrogen-bond donors (Lipinski definition) is 1. The molecular formula is C9H18FNO4S. The molecule has 0 rings (SSSR count). The zero-order valence-corrected chi connectivity index (χ0v) is 10.7. The highest BCUT2D eigenvalue weighted by Gasteiger charge is 2.22. The van der Waals surface area contributed by atoms with Gasteiger partial charge in [-0.2, -0.15) is 8.42 Å². The van der Waals surface area contributed by atoms with Crippen LogP contribution >= 0.6 is 0 Å². The first-order valence-electron chi connectivity index (χ1n) is 4.95. The van der Waals surface area contributed by atoms with Crippen molar-refractivity contribution in [3.8, 4) is 0 Å². The molecule has 0 saturated heterocycles. The van der Waals surface area contributed by atoms with Crippen molar-refractivity contribution in [3.05, 3.63) is 0 Å². The van der Waals surface area contributed by atoms with Crippen LogP contribution in [0.3, 0.4) is 0 Å². The fourth-order valence-electron chi connectivity index (χ4n) is 0.976. The molecule has 0 aromatic carbocycles. The first-order chi connectivity index (χ1) is 7.03. The summed E-state index contributed by atoms with van der Waals surface area (Å²) in [5.74, 6) is -0.733. The van der Waals surface area contributed by atoms with Crippen molar-refractivity contribution in [3.63, 3.8) is 0 Å². The molecule has 0 aliphatic carbocycles. The Hall–Kier alpha value is -0.850. The van der Waals surface area contributed by atoms with Crippen LogP contribution in [0.2, 0.25) is 0 Å². The van der Waals surface area contributed by atoms with Crippen LogP contribution in [-0.4, -0.2) is 31.9 Å². The van der Waals surface area contributed by atoms with Crippen LogP contribution in [0.4, 0.5) is 8.68 Å². The smallest absolute Gasteiger partial charge is 0.407 e. The van der Waals surface area contributed by atoms with Crippen LogP contribution in [0.5, 0.6) is 0 Å². The number of hydrogen-bond acceptors (Lipinski definition) is 4. The molecule has 0 aromatic heterocycles. The van der Waals surface area contributed by atoms with Crippen LogP contribution < -0.4 is 5.32 Å². The second-order valence-electron chi connectivity index (χ2n) is 4.46. The number of halogens is 1. The second-order valence-corrected chi connectivity index (χ2v) is 5.87. The number of amides is 1. The molecule has 16 heavy (non-hydrogen) atoms. The van der Waals surface area contributed by atoms with Crippen molar-refractivity contribution >= 4 is 16.3 Å². The van der Waals surface area contributed by atoms with Crippen molar-refractivity contribution in [1.82, 2.24) is 5.32 Å². The van der Waals surface area contributed by atoms with Crippen molar-refractivity contribution in [2.75, 3.05) is 5.75 Å². The Kier molecular flexibility index (Phi) is 5.18. The Labute approximate surface area is 95.6 Å². The molecule has 1 atom stereocenters. The Morgan fingerprint density at radius 1 is 1.44 bits per heavy atom. The minimum atomic E-state index is -4.60. The molecular weight excluding hydrogens is 237 g/mol. The number of carbonyl (C=O) groups excluding carboxylic acids is 1. The van der Waals surface area contributed by atoms with Gasteiger partial charge in [0.25, 0.3) is 0 Å². The largest absolute Gasteiger partial charge is 0.444 e. The van der Waals surface area contributed by atoms with E-state index in [9.17, 15) is 17.1 Å². The highest BCUT2D eigenvalue weighted by Crippen LogP contribution is 2.08. The summed E-state index contributed by atoms with van der Waals surface area (Å²) in [6, 6.07) is -0.773. The Morgan fingerprint density at radius 3 is 2.25 bits per heavy atom. The number of nitrogens with one attached hydrogen (secondary N) is 1. The van der Waals surface area contributed by atoms with Gasteiger partial charge in [0.2, 0.25) is 0 Å². The molecule has 0 saturated carbocycles. The lowest BCUT2D eigenvalue weighted by Crippen LogP contribution is -2.41. The minimum absolute atomic E-state index is 0.308. The summed E-state index contributed by atoms with van der Waals surface area (Å²) in [4.78, 5) is 11.3. The second kappa shape index (κ2) is 5.47. The predicted octanol–water partition coefficient (Wildman–Crippen LogP) is 1.59. The van der Waals surface area contributed by atoms with E-state index in [1.54, 1.807) is 27.7 Å². The highest BCUT2D eigenvalue weighted by atomic mass is 32.3. The maximum absolute atomic E-state index is 12.4. The summed E-state index contributed by atoms with van der Waals surface area (Å²) < 4.78 is 38.1. The van der Waals surface area contributed by atoms with E-state index in [4.69, 9.17) is 4.74 Å². The van der Waals surface area contributed by atoms with Gasteiger partial charge >= 0.3 is 16.3 Å². The van der Waals surface area contributed by atoms with E-state index in [1.165, 1.54) is 0 Å². The van der Waals surface area contributed by atoms with Gasteiger partial charge in [0, 0.05) is 6.04 Å². The molecule has 0 fully saturated rings. The molecule has 0 aromatic rings. The van der Waals surface area contributed by atoms with Crippen LogP contribution in [0.1, 0.15) is 34.1 Å². The van der Waals surface area contributed by atoms with E-state index in [0.29, 0.717) is 6.42 Å². The van der Waals surface area contributed by atoms with E-state index >= 15 is 0 Å². The van der Waals surface area contributed by atoms with Crippen molar-refractivity contribution < 1.29 is 21.8 Å². The zero-order chi connectivity index (χ0) is 13.0. The maximum atomic E-state index is 12.4. The third-order valence-corrected chi connectivity index (χ3v) is 2.41. The van der Waals surface area contributed by atoms with Crippen LogP contribution in [0.15, 0.2) is 0 Å². The van der Waals surface area contributed by atoms with Gasteiger partial charge in [0.05, 0.1) is 0 Å². The molecule has 0 bridgehead atoms. The van der Waals surface area contributed by atoms with Crippen LogP contribution in [-0.2, 0) is 15.0 Å². The standard InChI is InChI=1S/C9H18FNO4S/c1-5-7(6-16(10,13)14)11-8(12)15-9(2,3)4/h7H,5-6H2,1-4H3,(H,11,12). The first kappa shape index (κ1) is 15.2. The average molecular weight is 255 g/mol. The molecule has 0 aliphatic rings. The summed E-state index contributed by atoms with van der Waals surface area (Å²) >= 11 is 0. The Morgan fingerprint density at radius 2 is 1.94 bits per heavy atom. The van der Waals surface area contributed by atoms with Gasteiger partial charge in [-0.1, -0.05) is 6.92 Å². The number of ether oxygens (including phenoxy) is 1. The van der Waals surface area contributed by atoms with Crippen LogP contribution in [0, 0.1) is 0 Å². The van der Waals surface area contributed by atoms with E-state index in [0.717, 1.165) is 0 Å². The van der Waals surface area contributed by atoms with E-state index in [-0.39, 0.29) is 0 Å². The molecule has 0 heterocycles. The molecule has 5 nitrogen and oxygen atoms in total. The molecule has 0 aliphatic heterocycles. The first-order valence-corrected chi connectivity index (χ1v) is 6.50. The van der Waals surface area contributed by atoms with E-state index in [2.05, 4.69) is 5.32 Å². The van der Waals surface area contributed by atoms with Gasteiger partial charge in [-0.25, -0.2) is 4.79 Å². The molecule has 0 radical (unpaired) electrons. The van der Waals surface area contributed by atoms with Gasteiger partial charge in [-0.3, -0.25) is 0 Å². The molecule has 96 valence electrons. The fourth-order valence-corrected chi connectivity index (χ4v) is 1.78. The fraction of sp³-hybridized carbons (Fsp3) is 0.889. The van der Waals surface area contributed by atoms with Crippen molar-refractivity contribution in [2.45, 2.75) is 45.8 Å². The van der Waals surface area contributed by atoms with Gasteiger partial charge in [0.1, 0.15) is 11.4 Å². The molecule has 1 amide bonds. The van der Waals surface area contributed by atoms with Gasteiger partial charge in [0.15, 0.2) is 0 Å². The SMILES string of the molecule is CCC(CS(=O)(=O)F)NC(=O)OC(C)(C)C. The van der Waals surface area contributed by atoms with Crippen molar-refractivity contribution in [2.24, 2.45) is 0 Å². The molecule has 0 spiro atoms. The monoisotopic (exact) mass is 255 g/mol. The molecule has 1 N–H and O–H groups in total. The van der Waals surface area contributed by atoms with Crippen LogP contribution in [0.25, 0.3) is 0 Å². The minimum Gasteiger partial charge on any atom is -0.444 e. The average Bonchev–Trinajstić information content (AvgIpc) is 1.96. The number of carbonyl (C=O) groups is 1. The topological polar surface area (TPSA) is 72.5 Å². The normalized spacial score (nSPS) is 14.3. The summed E-state index contributed by atoms with van der Waals surface area (Å²) in [6.45, 7) is 6.69. The Bertz CT molecular complexity index is 334. The summed E-state index contributed by atoms with van der Waals surface area (Å²) in [5.41, 5.74) is -0.670. The predicted molar refractivity (Wildman–Crippen MR) is 58.3 cm³/mol. The summed E-state index contributed by atoms with van der Waals surface area (Å²) in [6.07, 6.45) is -0.439.